The van der Waals surface area contributed by atoms with E-state index in [2.05, 4.69) is 5.32 Å². The normalized spacial score (nSPS) is 10.1. The number of carbonyl (C=O) groups excluding carboxylic acids is 1. The van der Waals surface area contributed by atoms with Gasteiger partial charge < -0.3 is 10.4 Å². The molecule has 0 atom stereocenters. The Bertz CT molecular complexity index is 653. The minimum absolute atomic E-state index is 0.117. The van der Waals surface area contributed by atoms with Gasteiger partial charge in [-0.25, -0.2) is 9.18 Å². The van der Waals surface area contributed by atoms with Gasteiger partial charge in [-0.15, -0.1) is 0 Å². The first-order chi connectivity index (χ1) is 10.0. The van der Waals surface area contributed by atoms with Gasteiger partial charge in [0, 0.05) is 12.1 Å². The molecule has 0 aliphatic heterocycles. The first kappa shape index (κ1) is 14.7. The maximum Gasteiger partial charge on any atom is 0.335 e. The van der Waals surface area contributed by atoms with Crippen molar-refractivity contribution in [1.82, 2.24) is 0 Å². The van der Waals surface area contributed by atoms with Crippen molar-refractivity contribution in [2.24, 2.45) is 0 Å². The van der Waals surface area contributed by atoms with Crippen LogP contribution in [-0.4, -0.2) is 17.0 Å². The summed E-state index contributed by atoms with van der Waals surface area (Å²) in [7, 11) is 0. The van der Waals surface area contributed by atoms with Crippen molar-refractivity contribution in [3.63, 3.8) is 0 Å². The summed E-state index contributed by atoms with van der Waals surface area (Å²) in [5, 5.41) is 11.5. The molecule has 0 spiro atoms. The smallest absolute Gasteiger partial charge is 0.335 e. The Hall–Kier alpha value is -2.69. The number of hydrogen-bond acceptors (Lipinski definition) is 2. The number of hydrogen-bond donors (Lipinski definition) is 2. The van der Waals surface area contributed by atoms with E-state index in [0.29, 0.717) is 12.1 Å². The van der Waals surface area contributed by atoms with Crippen LogP contribution in [-0.2, 0) is 11.2 Å². The highest BCUT2D eigenvalue weighted by Crippen LogP contribution is 2.12. The third-order valence-corrected chi connectivity index (χ3v) is 2.95. The molecular weight excluding hydrogens is 273 g/mol. The van der Waals surface area contributed by atoms with Gasteiger partial charge in [-0.05, 0) is 42.3 Å². The van der Waals surface area contributed by atoms with Gasteiger partial charge >= 0.3 is 5.97 Å². The van der Waals surface area contributed by atoms with Crippen LogP contribution in [0.25, 0.3) is 0 Å². The lowest BCUT2D eigenvalue weighted by Gasteiger charge is -2.06. The minimum atomic E-state index is -1.04. The Morgan fingerprint density at radius 2 is 1.81 bits per heavy atom. The minimum Gasteiger partial charge on any atom is -0.478 e. The largest absolute Gasteiger partial charge is 0.478 e. The van der Waals surface area contributed by atoms with E-state index >= 15 is 0 Å². The van der Waals surface area contributed by atoms with Crippen molar-refractivity contribution in [1.29, 1.82) is 0 Å². The van der Waals surface area contributed by atoms with Crippen molar-refractivity contribution in [3.05, 3.63) is 65.5 Å². The van der Waals surface area contributed by atoms with Gasteiger partial charge in [-0.3, -0.25) is 4.79 Å². The quantitative estimate of drug-likeness (QED) is 0.888. The Balaban J connectivity index is 1.91. The molecule has 21 heavy (non-hydrogen) atoms. The molecule has 2 aromatic carbocycles. The average molecular weight is 287 g/mol. The zero-order valence-electron chi connectivity index (χ0n) is 11.2. The molecule has 0 fully saturated rings. The molecule has 0 heterocycles. The standard InChI is InChI=1S/C16H14FNO3/c17-13-7-4-11(5-8-13)6-9-15(19)18-14-3-1-2-12(10-14)16(20)21/h1-5,7-8,10H,6,9H2,(H,18,19)(H,20,21). The Morgan fingerprint density at radius 3 is 2.48 bits per heavy atom. The van der Waals surface area contributed by atoms with Crippen LogP contribution < -0.4 is 5.32 Å². The van der Waals surface area contributed by atoms with Crippen molar-refractivity contribution < 1.29 is 19.1 Å². The topological polar surface area (TPSA) is 66.4 Å². The third kappa shape index (κ3) is 4.42. The average Bonchev–Trinajstić information content (AvgIpc) is 2.47. The lowest BCUT2D eigenvalue weighted by molar-refractivity contribution is -0.116. The van der Waals surface area contributed by atoms with Gasteiger partial charge in [0.1, 0.15) is 5.82 Å². The molecule has 0 bridgehead atoms. The van der Waals surface area contributed by atoms with Crippen LogP contribution in [0.1, 0.15) is 22.3 Å². The number of benzene rings is 2. The predicted molar refractivity (Wildman–Crippen MR) is 76.8 cm³/mol. The summed E-state index contributed by atoms with van der Waals surface area (Å²) in [5.41, 5.74) is 1.43. The Labute approximate surface area is 121 Å². The predicted octanol–water partition coefficient (Wildman–Crippen LogP) is 3.10. The number of carboxylic acid groups (broad SMARTS) is 1. The lowest BCUT2D eigenvalue weighted by atomic mass is 10.1. The fourth-order valence-corrected chi connectivity index (χ4v) is 1.86. The second-order valence-corrected chi connectivity index (χ2v) is 4.56. The van der Waals surface area contributed by atoms with Gasteiger partial charge in [-0.1, -0.05) is 18.2 Å². The molecule has 0 aliphatic rings. The highest BCUT2D eigenvalue weighted by Gasteiger charge is 2.06. The van der Waals surface area contributed by atoms with Gasteiger partial charge in [-0.2, -0.15) is 0 Å². The van der Waals surface area contributed by atoms with E-state index < -0.39 is 5.97 Å². The van der Waals surface area contributed by atoms with E-state index in [-0.39, 0.29) is 23.7 Å². The molecule has 108 valence electrons. The number of halogens is 1. The summed E-state index contributed by atoms with van der Waals surface area (Å²) < 4.78 is 12.7. The zero-order valence-corrected chi connectivity index (χ0v) is 11.2. The van der Waals surface area contributed by atoms with Crippen molar-refractivity contribution in [2.75, 3.05) is 5.32 Å². The number of aryl methyl sites for hydroxylation is 1. The van der Waals surface area contributed by atoms with Gasteiger partial charge in [0.15, 0.2) is 0 Å². The van der Waals surface area contributed by atoms with Crippen LogP contribution in [0.2, 0.25) is 0 Å². The number of rotatable bonds is 5. The number of carboxylic acids is 1. The highest BCUT2D eigenvalue weighted by atomic mass is 19.1. The summed E-state index contributed by atoms with van der Waals surface area (Å²) in [4.78, 5) is 22.6. The Morgan fingerprint density at radius 1 is 1.10 bits per heavy atom. The maximum absolute atomic E-state index is 12.7. The summed E-state index contributed by atoms with van der Waals surface area (Å²) in [6.07, 6.45) is 0.730. The fourth-order valence-electron chi connectivity index (χ4n) is 1.86. The van der Waals surface area contributed by atoms with E-state index in [1.165, 1.54) is 24.3 Å². The first-order valence-electron chi connectivity index (χ1n) is 6.42. The van der Waals surface area contributed by atoms with Crippen LogP contribution in [0.4, 0.5) is 10.1 Å². The summed E-state index contributed by atoms with van der Waals surface area (Å²) in [6, 6.07) is 12.0. The molecule has 2 aromatic rings. The molecule has 0 aliphatic carbocycles. The van der Waals surface area contributed by atoms with Gasteiger partial charge in [0.05, 0.1) is 5.56 Å². The van der Waals surface area contributed by atoms with E-state index in [1.807, 2.05) is 0 Å². The van der Waals surface area contributed by atoms with E-state index in [1.54, 1.807) is 24.3 Å². The summed E-state index contributed by atoms with van der Waals surface area (Å²) in [5.74, 6) is -1.58. The van der Waals surface area contributed by atoms with E-state index in [4.69, 9.17) is 5.11 Å². The zero-order chi connectivity index (χ0) is 15.2. The number of amides is 1. The molecule has 0 radical (unpaired) electrons. The lowest BCUT2D eigenvalue weighted by Crippen LogP contribution is -2.12. The first-order valence-corrected chi connectivity index (χ1v) is 6.42. The molecule has 0 aromatic heterocycles. The Kier molecular flexibility index (Phi) is 4.66. The number of anilines is 1. The molecular formula is C16H14FNO3. The molecule has 0 saturated carbocycles. The number of carbonyl (C=O) groups is 2. The molecule has 0 saturated heterocycles. The molecule has 0 unspecified atom stereocenters. The second-order valence-electron chi connectivity index (χ2n) is 4.56. The van der Waals surface area contributed by atoms with Crippen molar-refractivity contribution in [2.45, 2.75) is 12.8 Å². The van der Waals surface area contributed by atoms with Crippen LogP contribution in [0.15, 0.2) is 48.5 Å². The number of aromatic carboxylic acids is 1. The monoisotopic (exact) mass is 287 g/mol. The van der Waals surface area contributed by atoms with Crippen molar-refractivity contribution in [3.8, 4) is 0 Å². The fraction of sp³-hybridized carbons (Fsp3) is 0.125. The van der Waals surface area contributed by atoms with Crippen molar-refractivity contribution >= 4 is 17.6 Å². The van der Waals surface area contributed by atoms with Crippen LogP contribution in [0.5, 0.6) is 0 Å². The third-order valence-electron chi connectivity index (χ3n) is 2.95. The molecule has 5 heteroatoms. The van der Waals surface area contributed by atoms with Crippen LogP contribution >= 0.6 is 0 Å². The molecule has 2 N–H and O–H groups in total. The van der Waals surface area contributed by atoms with Crippen LogP contribution in [0, 0.1) is 5.82 Å². The summed E-state index contributed by atoms with van der Waals surface area (Å²) in [6.45, 7) is 0. The maximum atomic E-state index is 12.7. The highest BCUT2D eigenvalue weighted by molar-refractivity contribution is 5.93. The van der Waals surface area contributed by atoms with Gasteiger partial charge in [0.2, 0.25) is 5.91 Å². The van der Waals surface area contributed by atoms with E-state index in [9.17, 15) is 14.0 Å². The molecule has 2 rings (SSSR count). The summed E-state index contributed by atoms with van der Waals surface area (Å²) >= 11 is 0. The second kappa shape index (κ2) is 6.65. The van der Waals surface area contributed by atoms with Crippen LogP contribution in [0.3, 0.4) is 0 Å². The molecule has 4 nitrogen and oxygen atoms in total. The SMILES string of the molecule is O=C(CCc1ccc(F)cc1)Nc1cccc(C(=O)O)c1. The van der Waals surface area contributed by atoms with Gasteiger partial charge in [0.25, 0.3) is 0 Å². The van der Waals surface area contributed by atoms with E-state index in [0.717, 1.165) is 5.56 Å². The molecule has 1 amide bonds. The number of nitrogens with one attached hydrogen (secondary N) is 1.